The first-order valence-electron chi connectivity index (χ1n) is 23.9. The third-order valence-corrected chi connectivity index (χ3v) is 15.0. The SMILES string of the molecule is COc1cc(N2CCN(CCCCCCCCNC(=O)CC34CC5C[C@@](C)(C3)C[C@](C)(C5)C4)CC2)ccc1Nc1ncc2c(C)cc(=O)n(-c3cccc(NC(=O)C4CC4)c3)c2n1. The highest BCUT2D eigenvalue weighted by Crippen LogP contribution is 2.70. The topological polar surface area (TPSA) is 134 Å². The van der Waals surface area contributed by atoms with Gasteiger partial charge in [0.1, 0.15) is 5.75 Å². The highest BCUT2D eigenvalue weighted by atomic mass is 16.5. The number of piperazine rings is 1. The first-order valence-corrected chi connectivity index (χ1v) is 23.9. The molecule has 2 aromatic heterocycles. The second kappa shape index (κ2) is 17.9. The van der Waals surface area contributed by atoms with E-state index in [0.29, 0.717) is 45.5 Å². The summed E-state index contributed by atoms with van der Waals surface area (Å²) in [7, 11) is 1.67. The summed E-state index contributed by atoms with van der Waals surface area (Å²) in [6.45, 7) is 12.8. The predicted molar refractivity (Wildman–Crippen MR) is 251 cm³/mol. The maximum absolute atomic E-state index is 13.5. The summed E-state index contributed by atoms with van der Waals surface area (Å²) >= 11 is 0. The van der Waals surface area contributed by atoms with Gasteiger partial charge in [-0.1, -0.05) is 45.6 Å². The Labute approximate surface area is 373 Å². The van der Waals surface area contributed by atoms with Gasteiger partial charge in [0.15, 0.2) is 5.65 Å². The largest absolute Gasteiger partial charge is 0.494 e. The smallest absolute Gasteiger partial charge is 0.257 e. The van der Waals surface area contributed by atoms with Crippen molar-refractivity contribution in [2.75, 3.05) is 61.9 Å². The summed E-state index contributed by atoms with van der Waals surface area (Å²) in [5, 5.41) is 10.4. The molecule has 3 N–H and O–H groups in total. The lowest BCUT2D eigenvalue weighted by atomic mass is 9.40. The standard InChI is InChI=1S/C51H68N8O4/c1-35-24-45(61)59(40-13-11-12-38(25-40)54-47(62)37-14-15-37)46-41(35)31-53-48(56-46)55-42-17-16-39(26-43(42)63-4)58-22-20-57(21-23-58)19-10-8-6-5-7-9-18-52-44(60)30-51-29-36-27-49(2,33-51)32-50(3,28-36)34-51/h11-13,16-17,24-26,31,36-37H,5-10,14-15,18-23,27-30,32-34H2,1-4H3,(H,52,60)(H,54,62)(H,53,55,56)/t36?,49-,50+,51?. The van der Waals surface area contributed by atoms with Crippen molar-refractivity contribution in [3.05, 3.63) is 70.6 Å². The average molecular weight is 857 g/mol. The van der Waals surface area contributed by atoms with Crippen LogP contribution in [0.25, 0.3) is 16.7 Å². The molecule has 63 heavy (non-hydrogen) atoms. The van der Waals surface area contributed by atoms with Crippen LogP contribution in [0.3, 0.4) is 0 Å². The van der Waals surface area contributed by atoms with Crippen LogP contribution in [0, 0.1) is 35.0 Å². The molecule has 4 atom stereocenters. The number of hydrogen-bond acceptors (Lipinski definition) is 9. The molecule has 0 spiro atoms. The number of amides is 2. The molecular formula is C51H68N8O4. The van der Waals surface area contributed by atoms with Crippen LogP contribution in [0.4, 0.5) is 23.0 Å². The number of aryl methyl sites for hydroxylation is 1. The fraction of sp³-hybridized carbons (Fsp3) is 0.588. The second-order valence-electron chi connectivity index (χ2n) is 20.9. The van der Waals surface area contributed by atoms with Crippen LogP contribution >= 0.6 is 0 Å². The molecule has 336 valence electrons. The highest BCUT2D eigenvalue weighted by molar-refractivity contribution is 5.94. The normalized spacial score (nSPS) is 25.3. The Morgan fingerprint density at radius 1 is 0.857 bits per heavy atom. The van der Waals surface area contributed by atoms with Crippen LogP contribution in [0.1, 0.15) is 116 Å². The number of unbranched alkanes of at least 4 members (excludes halogenated alkanes) is 5. The van der Waals surface area contributed by atoms with Crippen molar-refractivity contribution in [3.63, 3.8) is 0 Å². The molecule has 2 aromatic carbocycles. The third-order valence-electron chi connectivity index (χ3n) is 15.0. The Kier molecular flexibility index (Phi) is 12.3. The maximum atomic E-state index is 13.5. The first-order chi connectivity index (χ1) is 30.4. The van der Waals surface area contributed by atoms with Crippen LogP contribution in [0.5, 0.6) is 5.75 Å². The number of fused-ring (bicyclic) bond motifs is 1. The van der Waals surface area contributed by atoms with E-state index in [1.807, 2.05) is 37.3 Å². The number of aromatic nitrogens is 3. The summed E-state index contributed by atoms with van der Waals surface area (Å²) < 4.78 is 7.43. The zero-order valence-electron chi connectivity index (χ0n) is 38.1. The Morgan fingerprint density at radius 3 is 2.33 bits per heavy atom. The molecule has 2 amide bonds. The van der Waals surface area contributed by atoms with Gasteiger partial charge in [0.05, 0.1) is 18.5 Å². The summed E-state index contributed by atoms with van der Waals surface area (Å²) in [5.74, 6) is 2.25. The Morgan fingerprint density at radius 2 is 1.60 bits per heavy atom. The fourth-order valence-electron chi connectivity index (χ4n) is 12.9. The molecule has 5 aliphatic carbocycles. The quantitative estimate of drug-likeness (QED) is 0.0839. The van der Waals surface area contributed by atoms with Crippen molar-refractivity contribution in [1.82, 2.24) is 24.8 Å². The van der Waals surface area contributed by atoms with Gasteiger partial charge >= 0.3 is 0 Å². The van der Waals surface area contributed by atoms with Crippen molar-refractivity contribution in [2.45, 2.75) is 117 Å². The lowest BCUT2D eigenvalue weighted by Crippen LogP contribution is -2.56. The fourth-order valence-corrected chi connectivity index (χ4v) is 12.9. The van der Waals surface area contributed by atoms with E-state index in [0.717, 1.165) is 93.2 Å². The molecule has 1 aliphatic heterocycles. The molecule has 10 rings (SSSR count). The van der Waals surface area contributed by atoms with E-state index >= 15 is 0 Å². The summed E-state index contributed by atoms with van der Waals surface area (Å²) in [6, 6.07) is 15.1. The van der Waals surface area contributed by atoms with Gasteiger partial charge in [-0.2, -0.15) is 4.98 Å². The highest BCUT2D eigenvalue weighted by Gasteiger charge is 2.60. The van der Waals surface area contributed by atoms with E-state index in [2.05, 4.69) is 56.7 Å². The number of methoxy groups -OCH3 is 1. The zero-order chi connectivity index (χ0) is 43.8. The molecule has 6 fully saturated rings. The molecular weight excluding hydrogens is 789 g/mol. The van der Waals surface area contributed by atoms with Crippen molar-refractivity contribution in [3.8, 4) is 11.4 Å². The lowest BCUT2D eigenvalue weighted by Gasteiger charge is -2.65. The average Bonchev–Trinajstić information content (AvgIpc) is 4.09. The predicted octanol–water partition coefficient (Wildman–Crippen LogP) is 9.16. The van der Waals surface area contributed by atoms with Crippen LogP contribution in [0.2, 0.25) is 0 Å². The molecule has 5 saturated carbocycles. The minimum atomic E-state index is -0.215. The maximum Gasteiger partial charge on any atom is 0.257 e. The van der Waals surface area contributed by atoms with Crippen molar-refractivity contribution < 1.29 is 14.3 Å². The number of anilines is 4. The van der Waals surface area contributed by atoms with Gasteiger partial charge < -0.3 is 25.6 Å². The number of hydrogen-bond donors (Lipinski definition) is 3. The summed E-state index contributed by atoms with van der Waals surface area (Å²) in [6.07, 6.45) is 19.5. The number of ether oxygens (including phenoxy) is 1. The van der Waals surface area contributed by atoms with Crippen LogP contribution in [0.15, 0.2) is 59.5 Å². The number of nitrogens with zero attached hydrogens (tertiary/aromatic N) is 5. The van der Waals surface area contributed by atoms with Gasteiger partial charge in [0.2, 0.25) is 17.8 Å². The molecule has 12 nitrogen and oxygen atoms in total. The number of benzene rings is 2. The van der Waals surface area contributed by atoms with E-state index in [-0.39, 0.29) is 22.8 Å². The summed E-state index contributed by atoms with van der Waals surface area (Å²) in [4.78, 5) is 53.4. The Balaban J connectivity index is 0.707. The molecule has 3 heterocycles. The van der Waals surface area contributed by atoms with Gasteiger partial charge in [-0.25, -0.2) is 4.98 Å². The third kappa shape index (κ3) is 9.91. The van der Waals surface area contributed by atoms with Crippen molar-refractivity contribution in [1.29, 1.82) is 0 Å². The van der Waals surface area contributed by atoms with Crippen molar-refractivity contribution in [2.24, 2.45) is 28.1 Å². The van der Waals surface area contributed by atoms with Crippen LogP contribution in [-0.2, 0) is 9.59 Å². The molecule has 2 unspecified atom stereocenters. The minimum absolute atomic E-state index is 0.0119. The number of pyridine rings is 1. The second-order valence-corrected chi connectivity index (χ2v) is 20.9. The number of nitrogens with one attached hydrogen (secondary N) is 3. The van der Waals surface area contributed by atoms with Gasteiger partial charge in [-0.15, -0.1) is 0 Å². The molecule has 6 aliphatic rings. The number of rotatable bonds is 18. The van der Waals surface area contributed by atoms with Gasteiger partial charge in [0.25, 0.3) is 5.56 Å². The Hall–Kier alpha value is -4.97. The molecule has 1 saturated heterocycles. The lowest BCUT2D eigenvalue weighted by molar-refractivity contribution is -0.156. The molecule has 4 aromatic rings. The Bertz CT molecular complexity index is 2370. The molecule has 4 bridgehead atoms. The summed E-state index contributed by atoms with van der Waals surface area (Å²) in [5.41, 5.74) is 5.34. The number of carbonyl (C=O) groups excluding carboxylic acids is 2. The van der Waals surface area contributed by atoms with E-state index in [1.54, 1.807) is 23.9 Å². The van der Waals surface area contributed by atoms with Gasteiger partial charge in [-0.3, -0.25) is 23.9 Å². The van der Waals surface area contributed by atoms with Crippen molar-refractivity contribution >= 4 is 45.9 Å². The first kappa shape index (κ1) is 43.3. The van der Waals surface area contributed by atoms with E-state index in [1.165, 1.54) is 70.6 Å². The molecule has 0 radical (unpaired) electrons. The van der Waals surface area contributed by atoms with E-state index < -0.39 is 0 Å². The van der Waals surface area contributed by atoms with Crippen LogP contribution in [-0.4, -0.2) is 77.6 Å². The van der Waals surface area contributed by atoms with Crippen LogP contribution < -0.4 is 31.1 Å². The van der Waals surface area contributed by atoms with Gasteiger partial charge in [0, 0.05) is 80.2 Å². The molecule has 12 heteroatoms. The monoisotopic (exact) mass is 857 g/mol. The number of carbonyl (C=O) groups is 2. The minimum Gasteiger partial charge on any atom is -0.494 e. The van der Waals surface area contributed by atoms with E-state index in [9.17, 15) is 14.4 Å². The van der Waals surface area contributed by atoms with Gasteiger partial charge in [-0.05, 0) is 136 Å². The zero-order valence-corrected chi connectivity index (χ0v) is 38.1. The van der Waals surface area contributed by atoms with E-state index in [4.69, 9.17) is 9.72 Å².